The molecular formula is C8H15O5P. The van der Waals surface area contributed by atoms with E-state index in [1.165, 1.54) is 6.92 Å². The third kappa shape index (κ3) is 4.33. The Balaban J connectivity index is 2.13. The molecule has 6 heteroatoms. The van der Waals surface area contributed by atoms with Crippen molar-refractivity contribution in [3.05, 3.63) is 0 Å². The molecule has 1 fully saturated rings. The fourth-order valence-electron chi connectivity index (χ4n) is 0.761. The van der Waals surface area contributed by atoms with Gasteiger partial charge < -0.3 is 13.8 Å². The van der Waals surface area contributed by atoms with Crippen molar-refractivity contribution in [2.75, 3.05) is 20.0 Å². The highest BCUT2D eigenvalue weighted by Crippen LogP contribution is 2.46. The second kappa shape index (κ2) is 5.03. The maximum atomic E-state index is 10.4. The van der Waals surface area contributed by atoms with Crippen molar-refractivity contribution in [2.45, 2.75) is 20.8 Å². The molecule has 0 bridgehead atoms. The van der Waals surface area contributed by atoms with Gasteiger partial charge in [0.15, 0.2) is 0 Å². The van der Waals surface area contributed by atoms with Crippen LogP contribution in [0.4, 0.5) is 0 Å². The van der Waals surface area contributed by atoms with Gasteiger partial charge in [-0.15, -0.1) is 0 Å². The van der Waals surface area contributed by atoms with Crippen LogP contribution in [0.25, 0.3) is 0 Å². The molecule has 1 aliphatic heterocycles. The molecule has 82 valence electrons. The van der Waals surface area contributed by atoms with Crippen molar-refractivity contribution in [2.24, 2.45) is 5.41 Å². The summed E-state index contributed by atoms with van der Waals surface area (Å²) < 4.78 is 20.3. The Hall–Kier alpha value is -0.220. The fourth-order valence-corrected chi connectivity index (χ4v) is 2.03. The average molecular weight is 222 g/mol. The lowest BCUT2D eigenvalue weighted by Gasteiger charge is -2.32. The third-order valence-corrected chi connectivity index (χ3v) is 2.54. The molecule has 0 radical (unpaired) electrons. The Bertz CT molecular complexity index is 196. The van der Waals surface area contributed by atoms with Crippen LogP contribution in [0.1, 0.15) is 20.8 Å². The molecule has 0 spiro atoms. The number of esters is 1. The zero-order valence-corrected chi connectivity index (χ0v) is 9.50. The summed E-state index contributed by atoms with van der Waals surface area (Å²) in [4.78, 5) is 10.4. The molecule has 0 amide bonds. The van der Waals surface area contributed by atoms with E-state index in [2.05, 4.69) is 4.74 Å². The quantitative estimate of drug-likeness (QED) is 0.414. The Morgan fingerprint density at radius 3 is 2.50 bits per heavy atom. The molecule has 0 N–H and O–H groups in total. The summed E-state index contributed by atoms with van der Waals surface area (Å²) >= 11 is 0. The molecule has 1 heterocycles. The minimum atomic E-state index is -1.34. The van der Waals surface area contributed by atoms with Gasteiger partial charge >= 0.3 is 14.6 Å². The summed E-state index contributed by atoms with van der Waals surface area (Å²) in [6.07, 6.45) is 0. The number of carbonyl (C=O) groups excluding carboxylic acids is 1. The molecule has 1 saturated heterocycles. The molecule has 0 aromatic heterocycles. The van der Waals surface area contributed by atoms with Gasteiger partial charge in [-0.3, -0.25) is 9.32 Å². The van der Waals surface area contributed by atoms with Gasteiger partial charge in [0.05, 0.1) is 13.2 Å². The van der Waals surface area contributed by atoms with Crippen molar-refractivity contribution in [1.82, 2.24) is 0 Å². The van der Waals surface area contributed by atoms with Crippen molar-refractivity contribution in [1.29, 1.82) is 0 Å². The first-order valence-corrected chi connectivity index (χ1v) is 5.41. The van der Waals surface area contributed by atoms with Crippen molar-refractivity contribution < 1.29 is 23.1 Å². The first-order valence-electron chi connectivity index (χ1n) is 4.32. The van der Waals surface area contributed by atoms with Crippen LogP contribution in [0.2, 0.25) is 0 Å². The summed E-state index contributed by atoms with van der Waals surface area (Å²) in [5, 5.41) is 0. The van der Waals surface area contributed by atoms with E-state index < -0.39 is 8.60 Å². The van der Waals surface area contributed by atoms with Gasteiger partial charge in [0.25, 0.3) is 0 Å². The molecule has 5 nitrogen and oxygen atoms in total. The average Bonchev–Trinajstić information content (AvgIpc) is 2.07. The van der Waals surface area contributed by atoms with E-state index in [9.17, 15) is 4.79 Å². The lowest BCUT2D eigenvalue weighted by atomic mass is 9.97. The van der Waals surface area contributed by atoms with E-state index in [1.807, 2.05) is 13.8 Å². The first-order chi connectivity index (χ1) is 6.49. The van der Waals surface area contributed by atoms with Crippen LogP contribution in [0, 0.1) is 5.41 Å². The monoisotopic (exact) mass is 222 g/mol. The second-order valence-electron chi connectivity index (χ2n) is 3.82. The highest BCUT2D eigenvalue weighted by atomic mass is 31.2. The van der Waals surface area contributed by atoms with Gasteiger partial charge in [-0.25, -0.2) is 0 Å². The van der Waals surface area contributed by atoms with Gasteiger partial charge in [-0.1, -0.05) is 13.8 Å². The van der Waals surface area contributed by atoms with Gasteiger partial charge in [-0.05, 0) is 0 Å². The highest BCUT2D eigenvalue weighted by molar-refractivity contribution is 7.41. The van der Waals surface area contributed by atoms with Gasteiger partial charge in [0.1, 0.15) is 0 Å². The maximum Gasteiger partial charge on any atom is 0.335 e. The molecule has 1 rings (SSSR count). The number of rotatable bonds is 3. The topological polar surface area (TPSA) is 54.0 Å². The lowest BCUT2D eigenvalue weighted by Crippen LogP contribution is -2.28. The first kappa shape index (κ1) is 11.9. The maximum absolute atomic E-state index is 10.4. The predicted octanol–water partition coefficient (Wildman–Crippen LogP) is 1.82. The van der Waals surface area contributed by atoms with Crippen molar-refractivity contribution in [3.63, 3.8) is 0 Å². The van der Waals surface area contributed by atoms with E-state index in [0.717, 1.165) is 0 Å². The standard InChI is InChI=1S/C8H15O5P/c1-7(9)10-6-13-14-11-4-8(2,3)5-12-14/h4-6H2,1-3H3. The minimum absolute atomic E-state index is 0.0314. The van der Waals surface area contributed by atoms with Crippen LogP contribution in [-0.4, -0.2) is 26.0 Å². The Kier molecular flexibility index (Phi) is 4.26. The Morgan fingerprint density at radius 1 is 1.43 bits per heavy atom. The zero-order chi connectivity index (χ0) is 10.6. The third-order valence-electron chi connectivity index (χ3n) is 1.54. The highest BCUT2D eigenvalue weighted by Gasteiger charge is 2.30. The summed E-state index contributed by atoms with van der Waals surface area (Å²) in [7, 11) is -1.34. The summed E-state index contributed by atoms with van der Waals surface area (Å²) in [5.74, 6) is -0.377. The Labute approximate surface area is 84.7 Å². The van der Waals surface area contributed by atoms with Crippen molar-refractivity contribution >= 4 is 14.6 Å². The summed E-state index contributed by atoms with van der Waals surface area (Å²) in [6.45, 7) is 6.50. The van der Waals surface area contributed by atoms with Crippen molar-refractivity contribution in [3.8, 4) is 0 Å². The van der Waals surface area contributed by atoms with Crippen LogP contribution in [0.3, 0.4) is 0 Å². The minimum Gasteiger partial charge on any atom is -0.438 e. The van der Waals surface area contributed by atoms with Gasteiger partial charge in [0, 0.05) is 12.3 Å². The van der Waals surface area contributed by atoms with Crippen LogP contribution in [0.5, 0.6) is 0 Å². The number of hydrogen-bond acceptors (Lipinski definition) is 5. The SMILES string of the molecule is CC(=O)OCOP1OCC(C)(C)CO1. The molecule has 0 aromatic rings. The molecule has 0 unspecified atom stereocenters. The molecule has 0 atom stereocenters. The smallest absolute Gasteiger partial charge is 0.335 e. The van der Waals surface area contributed by atoms with Crippen LogP contribution in [-0.2, 0) is 23.1 Å². The molecule has 14 heavy (non-hydrogen) atoms. The zero-order valence-electron chi connectivity index (χ0n) is 8.61. The van der Waals surface area contributed by atoms with Gasteiger partial charge in [-0.2, -0.15) is 0 Å². The largest absolute Gasteiger partial charge is 0.438 e. The van der Waals surface area contributed by atoms with E-state index in [1.54, 1.807) is 0 Å². The van der Waals surface area contributed by atoms with Crippen LogP contribution >= 0.6 is 8.60 Å². The molecule has 0 aromatic carbocycles. The van der Waals surface area contributed by atoms with Gasteiger partial charge in [0.2, 0.25) is 6.79 Å². The fraction of sp³-hybridized carbons (Fsp3) is 0.875. The predicted molar refractivity (Wildman–Crippen MR) is 50.3 cm³/mol. The van der Waals surface area contributed by atoms with E-state index in [4.69, 9.17) is 13.6 Å². The molecular weight excluding hydrogens is 207 g/mol. The number of carbonyl (C=O) groups is 1. The second-order valence-corrected chi connectivity index (χ2v) is 5.04. The lowest BCUT2D eigenvalue weighted by molar-refractivity contribution is -0.148. The normalized spacial score (nSPS) is 21.9. The van der Waals surface area contributed by atoms with E-state index >= 15 is 0 Å². The summed E-state index contributed by atoms with van der Waals surface area (Å²) in [6, 6.07) is 0. The van der Waals surface area contributed by atoms with Crippen LogP contribution < -0.4 is 0 Å². The summed E-state index contributed by atoms with van der Waals surface area (Å²) in [5.41, 5.74) is 0.0314. The molecule has 1 aliphatic rings. The number of hydrogen-bond donors (Lipinski definition) is 0. The number of ether oxygens (including phenoxy) is 1. The molecule has 0 aliphatic carbocycles. The van der Waals surface area contributed by atoms with Crippen LogP contribution in [0.15, 0.2) is 0 Å². The molecule has 0 saturated carbocycles. The Morgan fingerprint density at radius 2 is 2.00 bits per heavy atom. The van der Waals surface area contributed by atoms with E-state index in [-0.39, 0.29) is 18.2 Å². The van der Waals surface area contributed by atoms with E-state index in [0.29, 0.717) is 13.2 Å².